The van der Waals surface area contributed by atoms with E-state index in [9.17, 15) is 4.79 Å². The molecular weight excluding hydrogens is 316 g/mol. The fourth-order valence-electron chi connectivity index (χ4n) is 2.89. The van der Waals surface area contributed by atoms with Gasteiger partial charge in [-0.25, -0.2) is 4.98 Å². The summed E-state index contributed by atoms with van der Waals surface area (Å²) in [5.41, 5.74) is 2.67. The number of nitrogens with zero attached hydrogens (tertiary/aromatic N) is 4. The second-order valence-corrected chi connectivity index (χ2v) is 5.98. The van der Waals surface area contributed by atoms with Crippen LogP contribution in [0.5, 0.6) is 0 Å². The van der Waals surface area contributed by atoms with Crippen LogP contribution in [0.1, 0.15) is 31.0 Å². The predicted octanol–water partition coefficient (Wildman–Crippen LogP) is 2.42. The number of hydrogen-bond acceptors (Lipinski definition) is 4. The van der Waals surface area contributed by atoms with Gasteiger partial charge in [0.1, 0.15) is 5.82 Å². The molecule has 0 radical (unpaired) electrons. The number of para-hydroxylation sites is 2. The molecule has 1 aromatic carbocycles. The molecule has 7 nitrogen and oxygen atoms in total. The van der Waals surface area contributed by atoms with Crippen molar-refractivity contribution >= 4 is 22.6 Å². The van der Waals surface area contributed by atoms with Gasteiger partial charge in [-0.05, 0) is 31.2 Å². The van der Waals surface area contributed by atoms with Crippen LogP contribution in [0.2, 0.25) is 0 Å². The van der Waals surface area contributed by atoms with Crippen LogP contribution < -0.4 is 5.32 Å². The zero-order valence-electron chi connectivity index (χ0n) is 13.8. The van der Waals surface area contributed by atoms with Gasteiger partial charge >= 0.3 is 0 Å². The number of aryl methyl sites for hydroxylation is 1. The molecule has 0 saturated heterocycles. The van der Waals surface area contributed by atoms with Gasteiger partial charge in [-0.1, -0.05) is 18.2 Å². The lowest BCUT2D eigenvalue weighted by atomic mass is 10.2. The first-order valence-electron chi connectivity index (χ1n) is 8.23. The van der Waals surface area contributed by atoms with Gasteiger partial charge in [-0.2, -0.15) is 0 Å². The third-order valence-electron chi connectivity index (χ3n) is 4.13. The minimum atomic E-state index is -0.222. The Bertz CT molecular complexity index is 1000. The number of benzene rings is 1. The summed E-state index contributed by atoms with van der Waals surface area (Å²) in [6.45, 7) is 1.91. The molecule has 2 N–H and O–H groups in total. The number of fused-ring (bicyclic) bond motifs is 2. The molecule has 4 rings (SSSR count). The maximum absolute atomic E-state index is 12.3. The summed E-state index contributed by atoms with van der Waals surface area (Å²) in [4.78, 5) is 20.0. The molecule has 0 aliphatic heterocycles. The van der Waals surface area contributed by atoms with Crippen LogP contribution in [0.25, 0.3) is 16.7 Å². The van der Waals surface area contributed by atoms with Gasteiger partial charge in [0.25, 0.3) is 0 Å². The first-order chi connectivity index (χ1) is 12.2. The van der Waals surface area contributed by atoms with Crippen molar-refractivity contribution in [1.82, 2.24) is 29.9 Å². The number of H-pyrrole nitrogens is 1. The predicted molar refractivity (Wildman–Crippen MR) is 94.0 cm³/mol. The van der Waals surface area contributed by atoms with E-state index in [0.29, 0.717) is 18.7 Å². The van der Waals surface area contributed by atoms with Crippen LogP contribution >= 0.6 is 0 Å². The molecule has 0 spiro atoms. The molecule has 0 fully saturated rings. The molecule has 7 heteroatoms. The molecule has 0 aliphatic carbocycles. The first kappa shape index (κ1) is 15.3. The second-order valence-electron chi connectivity index (χ2n) is 5.98. The largest absolute Gasteiger partial charge is 0.346 e. The third kappa shape index (κ3) is 3.08. The molecule has 3 aromatic heterocycles. The lowest BCUT2D eigenvalue weighted by molar-refractivity contribution is -0.121. The lowest BCUT2D eigenvalue weighted by Crippen LogP contribution is -2.28. The van der Waals surface area contributed by atoms with Crippen LogP contribution in [0.4, 0.5) is 0 Å². The van der Waals surface area contributed by atoms with E-state index < -0.39 is 0 Å². The maximum Gasteiger partial charge on any atom is 0.221 e. The highest BCUT2D eigenvalue weighted by molar-refractivity contribution is 5.77. The number of carbonyl (C=O) groups is 1. The molecular formula is C18H18N6O. The van der Waals surface area contributed by atoms with E-state index in [4.69, 9.17) is 0 Å². The van der Waals surface area contributed by atoms with Crippen molar-refractivity contribution in [2.24, 2.45) is 0 Å². The lowest BCUT2D eigenvalue weighted by Gasteiger charge is -2.12. The van der Waals surface area contributed by atoms with Gasteiger partial charge in [-0.3, -0.25) is 9.20 Å². The molecule has 4 aromatic rings. The summed E-state index contributed by atoms with van der Waals surface area (Å²) < 4.78 is 1.88. The summed E-state index contributed by atoms with van der Waals surface area (Å²) in [5.74, 6) is 1.49. The van der Waals surface area contributed by atoms with Crippen LogP contribution in [0.15, 0.2) is 48.7 Å². The van der Waals surface area contributed by atoms with E-state index in [2.05, 4.69) is 25.5 Å². The quantitative estimate of drug-likeness (QED) is 0.587. The zero-order valence-corrected chi connectivity index (χ0v) is 13.8. The van der Waals surface area contributed by atoms with E-state index in [-0.39, 0.29) is 11.9 Å². The molecule has 0 unspecified atom stereocenters. The number of aromatic amines is 1. The molecule has 1 atom stereocenters. The Morgan fingerprint density at radius 2 is 2.04 bits per heavy atom. The van der Waals surface area contributed by atoms with Gasteiger partial charge in [0.05, 0.1) is 17.1 Å². The zero-order chi connectivity index (χ0) is 17.2. The van der Waals surface area contributed by atoms with Crippen molar-refractivity contribution in [3.8, 4) is 0 Å². The van der Waals surface area contributed by atoms with Crippen molar-refractivity contribution in [2.75, 3.05) is 0 Å². The minimum Gasteiger partial charge on any atom is -0.346 e. The van der Waals surface area contributed by atoms with E-state index >= 15 is 0 Å². The Hall–Kier alpha value is -3.22. The Labute approximate surface area is 144 Å². The highest BCUT2D eigenvalue weighted by Crippen LogP contribution is 2.13. The normalized spacial score (nSPS) is 12.5. The maximum atomic E-state index is 12.3. The van der Waals surface area contributed by atoms with Crippen molar-refractivity contribution in [1.29, 1.82) is 0 Å². The molecule has 1 amide bonds. The fourth-order valence-corrected chi connectivity index (χ4v) is 2.89. The summed E-state index contributed by atoms with van der Waals surface area (Å²) in [7, 11) is 0. The number of carbonyl (C=O) groups excluding carboxylic acids is 1. The molecule has 0 saturated carbocycles. The van der Waals surface area contributed by atoms with E-state index in [1.54, 1.807) is 0 Å². The summed E-state index contributed by atoms with van der Waals surface area (Å²) >= 11 is 0. The van der Waals surface area contributed by atoms with Crippen LogP contribution in [-0.2, 0) is 11.2 Å². The van der Waals surface area contributed by atoms with Gasteiger partial charge in [0.15, 0.2) is 11.5 Å². The molecule has 126 valence electrons. The number of imidazole rings is 1. The molecule has 0 aliphatic rings. The molecule has 3 heterocycles. The monoisotopic (exact) mass is 334 g/mol. The van der Waals surface area contributed by atoms with Crippen molar-refractivity contribution in [2.45, 2.75) is 25.8 Å². The number of amides is 1. The van der Waals surface area contributed by atoms with Gasteiger partial charge in [-0.15, -0.1) is 10.2 Å². The van der Waals surface area contributed by atoms with E-state index in [0.717, 1.165) is 22.5 Å². The third-order valence-corrected chi connectivity index (χ3v) is 4.13. The Morgan fingerprint density at radius 3 is 2.92 bits per heavy atom. The standard InChI is InChI=1S/C18H18N6O/c1-12(18-23-22-16-8-4-5-11-24(16)18)19-17(25)10-9-15-20-13-6-2-3-7-14(13)21-15/h2-8,11-12H,9-10H2,1H3,(H,19,25)(H,20,21)/t12-/m1/s1. The Balaban J connectivity index is 1.39. The van der Waals surface area contributed by atoms with Crippen molar-refractivity contribution < 1.29 is 4.79 Å². The van der Waals surface area contributed by atoms with Gasteiger partial charge < -0.3 is 10.3 Å². The van der Waals surface area contributed by atoms with E-state index in [1.165, 1.54) is 0 Å². The highest BCUT2D eigenvalue weighted by Gasteiger charge is 2.16. The SMILES string of the molecule is C[C@@H](NC(=O)CCc1nc2ccccc2[nH]1)c1nnc2ccccn12. The van der Waals surface area contributed by atoms with E-state index in [1.807, 2.05) is 60.0 Å². The minimum absolute atomic E-state index is 0.0411. The van der Waals surface area contributed by atoms with Crippen molar-refractivity contribution in [3.63, 3.8) is 0 Å². The van der Waals surface area contributed by atoms with Gasteiger partial charge in [0.2, 0.25) is 5.91 Å². The number of hydrogen-bond donors (Lipinski definition) is 2. The number of pyridine rings is 1. The Kier molecular flexibility index (Phi) is 3.89. The second kappa shape index (κ2) is 6.35. The smallest absolute Gasteiger partial charge is 0.221 e. The number of aromatic nitrogens is 5. The van der Waals surface area contributed by atoms with Crippen LogP contribution in [-0.4, -0.2) is 30.5 Å². The van der Waals surface area contributed by atoms with Gasteiger partial charge in [0, 0.05) is 19.0 Å². The molecule has 0 bridgehead atoms. The fraction of sp³-hybridized carbons (Fsp3) is 0.222. The topological polar surface area (TPSA) is 88.0 Å². The summed E-state index contributed by atoms with van der Waals surface area (Å²) in [5, 5.41) is 11.3. The van der Waals surface area contributed by atoms with Crippen molar-refractivity contribution in [3.05, 3.63) is 60.3 Å². The average molecular weight is 334 g/mol. The number of nitrogens with one attached hydrogen (secondary N) is 2. The summed E-state index contributed by atoms with van der Waals surface area (Å²) in [6, 6.07) is 13.3. The average Bonchev–Trinajstić information content (AvgIpc) is 3.23. The molecule has 25 heavy (non-hydrogen) atoms. The van der Waals surface area contributed by atoms with Crippen LogP contribution in [0.3, 0.4) is 0 Å². The summed E-state index contributed by atoms with van der Waals surface area (Å²) in [6.07, 6.45) is 2.82. The Morgan fingerprint density at radius 1 is 1.20 bits per heavy atom. The van der Waals surface area contributed by atoms with Crippen LogP contribution in [0, 0.1) is 0 Å². The highest BCUT2D eigenvalue weighted by atomic mass is 16.1. The first-order valence-corrected chi connectivity index (χ1v) is 8.23. The number of rotatable bonds is 5.